The normalized spacial score (nSPS) is 22.7. The first kappa shape index (κ1) is 25.7. The molecule has 2 fully saturated rings. The van der Waals surface area contributed by atoms with Crippen molar-refractivity contribution < 1.29 is 23.0 Å². The van der Waals surface area contributed by atoms with Crippen LogP contribution in [0.1, 0.15) is 46.4 Å². The van der Waals surface area contributed by atoms with E-state index < -0.39 is 23.1 Å². The molecule has 1 saturated carbocycles. The van der Waals surface area contributed by atoms with E-state index >= 15 is 8.78 Å². The SMILES string of the molecule is Cn1cc2c(n1)COc1c-2cc(C(N)=O)c(-c2c(Cl)c(F)cc3c2CC(c2ccccc2)(C2CC4(CC4)CN2)O3)c1F. The number of benzene rings is 3. The zero-order chi connectivity index (χ0) is 29.0. The van der Waals surface area contributed by atoms with Crippen molar-refractivity contribution in [3.05, 3.63) is 87.7 Å². The lowest BCUT2D eigenvalue weighted by molar-refractivity contribution is 0.0521. The maximum Gasteiger partial charge on any atom is 0.249 e. The Balaban J connectivity index is 1.34. The van der Waals surface area contributed by atoms with Gasteiger partial charge in [0.15, 0.2) is 17.2 Å². The van der Waals surface area contributed by atoms with Crippen molar-refractivity contribution in [2.45, 2.75) is 43.9 Å². The molecule has 1 aromatic heterocycles. The molecule has 1 aliphatic carbocycles. The van der Waals surface area contributed by atoms with Crippen LogP contribution in [0.2, 0.25) is 5.02 Å². The number of hydrogen-bond acceptors (Lipinski definition) is 5. The first-order valence-corrected chi connectivity index (χ1v) is 14.4. The van der Waals surface area contributed by atoms with Crippen LogP contribution in [0.25, 0.3) is 22.3 Å². The molecular weight excluding hydrogens is 562 g/mol. The van der Waals surface area contributed by atoms with Gasteiger partial charge in [-0.25, -0.2) is 8.78 Å². The quantitative estimate of drug-likeness (QED) is 0.322. The van der Waals surface area contributed by atoms with Gasteiger partial charge in [-0.15, -0.1) is 0 Å². The summed E-state index contributed by atoms with van der Waals surface area (Å²) in [5.74, 6) is -2.30. The highest BCUT2D eigenvalue weighted by atomic mass is 35.5. The van der Waals surface area contributed by atoms with Gasteiger partial charge in [0.25, 0.3) is 0 Å². The van der Waals surface area contributed by atoms with Gasteiger partial charge < -0.3 is 20.5 Å². The summed E-state index contributed by atoms with van der Waals surface area (Å²) >= 11 is 6.66. The summed E-state index contributed by atoms with van der Waals surface area (Å²) in [6.07, 6.45) is 5.24. The van der Waals surface area contributed by atoms with Gasteiger partial charge in [0, 0.05) is 60.1 Å². The average molecular weight is 589 g/mol. The maximum atomic E-state index is 16.7. The third-order valence-corrected chi connectivity index (χ3v) is 9.82. The van der Waals surface area contributed by atoms with Crippen LogP contribution in [0, 0.1) is 17.0 Å². The number of amides is 1. The molecule has 0 radical (unpaired) electrons. The second-order valence-corrected chi connectivity index (χ2v) is 12.4. The van der Waals surface area contributed by atoms with Crippen LogP contribution >= 0.6 is 11.6 Å². The lowest BCUT2D eigenvalue weighted by atomic mass is 9.79. The van der Waals surface area contributed by atoms with E-state index in [-0.39, 0.29) is 57.7 Å². The zero-order valence-electron chi connectivity index (χ0n) is 22.8. The number of ether oxygens (including phenoxy) is 2. The van der Waals surface area contributed by atoms with E-state index in [2.05, 4.69) is 10.4 Å². The Hall–Kier alpha value is -3.95. The number of nitrogens with two attached hydrogens (primary N) is 1. The molecule has 2 unspecified atom stereocenters. The van der Waals surface area contributed by atoms with Crippen molar-refractivity contribution in [1.82, 2.24) is 15.1 Å². The fourth-order valence-corrected chi connectivity index (χ4v) is 7.43. The van der Waals surface area contributed by atoms with Crippen molar-refractivity contribution in [2.75, 3.05) is 6.54 Å². The number of aryl methyl sites for hydroxylation is 1. The lowest BCUT2D eigenvalue weighted by Crippen LogP contribution is -2.48. The highest BCUT2D eigenvalue weighted by molar-refractivity contribution is 6.34. The molecule has 7 nitrogen and oxygen atoms in total. The first-order valence-electron chi connectivity index (χ1n) is 14.0. The van der Waals surface area contributed by atoms with E-state index in [0.717, 1.165) is 31.4 Å². The molecule has 4 aliphatic rings. The summed E-state index contributed by atoms with van der Waals surface area (Å²) in [7, 11) is 1.75. The van der Waals surface area contributed by atoms with Crippen molar-refractivity contribution in [2.24, 2.45) is 18.2 Å². The topological polar surface area (TPSA) is 91.4 Å². The van der Waals surface area contributed by atoms with Crippen LogP contribution in [0.3, 0.4) is 0 Å². The Morgan fingerprint density at radius 2 is 1.95 bits per heavy atom. The van der Waals surface area contributed by atoms with Crippen LogP contribution in [-0.2, 0) is 25.7 Å². The van der Waals surface area contributed by atoms with Crippen molar-refractivity contribution in [3.63, 3.8) is 0 Å². The monoisotopic (exact) mass is 588 g/mol. The standard InChI is InChI=1S/C32H27ClF2N4O3/c1-39-13-20-17-9-18(30(36)40)26(28(35)29(17)41-14-22(20)38-39)25-19-11-32(16-5-3-2-4-6-16,24-12-31(7-8-31)15-37-24)42-23(19)10-21(34)27(25)33/h2-6,9-10,13,24,37H,7-8,11-12,14-15H2,1H3,(H2,36,40). The van der Waals surface area contributed by atoms with Gasteiger partial charge in [-0.3, -0.25) is 9.48 Å². The molecule has 3 aliphatic heterocycles. The van der Waals surface area contributed by atoms with Gasteiger partial charge in [0.2, 0.25) is 5.91 Å². The number of fused-ring (bicyclic) bond motifs is 4. The van der Waals surface area contributed by atoms with Gasteiger partial charge >= 0.3 is 0 Å². The molecule has 4 aromatic rings. The molecule has 4 heterocycles. The summed E-state index contributed by atoms with van der Waals surface area (Å²) in [5.41, 5.74) is 7.97. The van der Waals surface area contributed by atoms with Crippen molar-refractivity contribution in [3.8, 4) is 33.8 Å². The van der Waals surface area contributed by atoms with Crippen molar-refractivity contribution >= 4 is 17.5 Å². The van der Waals surface area contributed by atoms with Crippen LogP contribution < -0.4 is 20.5 Å². The Labute approximate surface area is 245 Å². The molecular formula is C32H27ClF2N4O3. The number of primary amides is 1. The fraction of sp³-hybridized carbons (Fsp3) is 0.312. The highest BCUT2D eigenvalue weighted by Gasteiger charge is 2.58. The summed E-state index contributed by atoms with van der Waals surface area (Å²) in [6, 6.07) is 12.5. The molecule has 3 N–H and O–H groups in total. The van der Waals surface area contributed by atoms with E-state index in [1.54, 1.807) is 17.9 Å². The minimum absolute atomic E-state index is 0.0414. The van der Waals surface area contributed by atoms with Gasteiger partial charge in [0.05, 0.1) is 16.6 Å². The Morgan fingerprint density at radius 3 is 2.67 bits per heavy atom. The molecule has 42 heavy (non-hydrogen) atoms. The number of aromatic nitrogens is 2. The maximum absolute atomic E-state index is 16.7. The van der Waals surface area contributed by atoms with Crippen LogP contribution in [0.4, 0.5) is 8.78 Å². The molecule has 1 spiro atoms. The molecule has 214 valence electrons. The number of nitrogens with zero attached hydrogens (tertiary/aromatic N) is 2. The minimum Gasteiger partial charge on any atom is -0.483 e. The van der Waals surface area contributed by atoms with E-state index in [1.165, 1.54) is 12.1 Å². The Kier molecular flexibility index (Phi) is 5.38. The summed E-state index contributed by atoms with van der Waals surface area (Å²) in [6.45, 7) is 0.923. The number of halogens is 3. The predicted octanol–water partition coefficient (Wildman–Crippen LogP) is 5.65. The number of hydrogen-bond donors (Lipinski definition) is 2. The van der Waals surface area contributed by atoms with Crippen LogP contribution in [-0.4, -0.2) is 28.3 Å². The second-order valence-electron chi connectivity index (χ2n) is 12.0. The lowest BCUT2D eigenvalue weighted by Gasteiger charge is -2.35. The minimum atomic E-state index is -0.889. The number of carbonyl (C=O) groups excluding carboxylic acids is 1. The van der Waals surface area contributed by atoms with Gasteiger partial charge in [0.1, 0.15) is 23.9 Å². The van der Waals surface area contributed by atoms with Gasteiger partial charge in [-0.05, 0) is 36.3 Å². The smallest absolute Gasteiger partial charge is 0.249 e. The average Bonchev–Trinajstić information content (AvgIpc) is 3.26. The number of rotatable bonds is 4. The van der Waals surface area contributed by atoms with Gasteiger partial charge in [-0.1, -0.05) is 41.9 Å². The number of nitrogens with one attached hydrogen (secondary N) is 1. The summed E-state index contributed by atoms with van der Waals surface area (Å²) < 4.78 is 46.4. The molecule has 3 aromatic carbocycles. The molecule has 1 saturated heterocycles. The zero-order valence-corrected chi connectivity index (χ0v) is 23.5. The van der Waals surface area contributed by atoms with Crippen LogP contribution in [0.5, 0.6) is 11.5 Å². The summed E-state index contributed by atoms with van der Waals surface area (Å²) in [5, 5.41) is 7.74. The Morgan fingerprint density at radius 1 is 1.17 bits per heavy atom. The molecule has 8 rings (SSSR count). The molecule has 1 amide bonds. The van der Waals surface area contributed by atoms with E-state index in [4.69, 9.17) is 26.8 Å². The largest absolute Gasteiger partial charge is 0.483 e. The molecule has 10 heteroatoms. The fourth-order valence-electron chi connectivity index (χ4n) is 7.16. The first-order chi connectivity index (χ1) is 20.2. The predicted molar refractivity (Wildman–Crippen MR) is 152 cm³/mol. The molecule has 0 bridgehead atoms. The third kappa shape index (κ3) is 3.59. The van der Waals surface area contributed by atoms with Crippen LogP contribution in [0.15, 0.2) is 48.7 Å². The van der Waals surface area contributed by atoms with E-state index in [1.807, 2.05) is 30.3 Å². The van der Waals surface area contributed by atoms with E-state index in [9.17, 15) is 4.79 Å². The third-order valence-electron chi connectivity index (χ3n) is 9.45. The number of carbonyl (C=O) groups is 1. The van der Waals surface area contributed by atoms with E-state index in [0.29, 0.717) is 22.4 Å². The highest BCUT2D eigenvalue weighted by Crippen LogP contribution is 2.58. The van der Waals surface area contributed by atoms with Gasteiger partial charge in [-0.2, -0.15) is 5.10 Å². The Bertz CT molecular complexity index is 1820. The second kappa shape index (κ2) is 8.78. The van der Waals surface area contributed by atoms with Crippen molar-refractivity contribution in [1.29, 1.82) is 0 Å². The summed E-state index contributed by atoms with van der Waals surface area (Å²) in [4.78, 5) is 12.9. The molecule has 2 atom stereocenters.